The molecule has 0 aliphatic carbocycles. The quantitative estimate of drug-likeness (QED) is 0.142. The summed E-state index contributed by atoms with van der Waals surface area (Å²) in [6.45, 7) is -1.38. The van der Waals surface area contributed by atoms with Crippen molar-refractivity contribution in [2.75, 3.05) is 6.61 Å². The molecule has 1 aliphatic heterocycles. The van der Waals surface area contributed by atoms with Crippen molar-refractivity contribution in [2.24, 2.45) is 0 Å². The number of nitrogens with zero attached hydrogens (tertiary/aromatic N) is 4. The van der Waals surface area contributed by atoms with Gasteiger partial charge in [0.1, 0.15) is 18.3 Å². The molecule has 42 heavy (non-hydrogen) atoms. The van der Waals surface area contributed by atoms with Crippen molar-refractivity contribution in [1.29, 1.82) is 0 Å². The molecule has 0 saturated carbocycles. The molecule has 1 fully saturated rings. The highest BCUT2D eigenvalue weighted by Gasteiger charge is 2.47. The van der Waals surface area contributed by atoms with Gasteiger partial charge < -0.3 is 34.5 Å². The van der Waals surface area contributed by atoms with Gasteiger partial charge in [-0.05, 0) is 24.3 Å². The maximum absolute atomic E-state index is 13.2. The third kappa shape index (κ3) is 8.00. The number of aliphatic hydroxyl groups excluding tert-OH is 2. The largest absolute Gasteiger partial charge is 0.490 e. The molecule has 228 valence electrons. The van der Waals surface area contributed by atoms with Gasteiger partial charge in [-0.1, -0.05) is 6.07 Å². The lowest BCUT2D eigenvalue weighted by Gasteiger charge is -2.19. The van der Waals surface area contributed by atoms with Crippen LogP contribution in [0.2, 0.25) is 0 Å². The highest BCUT2D eigenvalue weighted by atomic mass is 31.3. The van der Waals surface area contributed by atoms with Crippen molar-refractivity contribution < 1.29 is 61.4 Å². The van der Waals surface area contributed by atoms with Crippen LogP contribution in [0.4, 0.5) is 0 Å². The van der Waals surface area contributed by atoms with Crippen LogP contribution in [0.3, 0.4) is 0 Å². The molecule has 1 aliphatic rings. The fraction of sp³-hybridized carbons (Fsp3) is 0.300. The third-order valence-electron chi connectivity index (χ3n) is 5.62. The standard InChI is InChI=1S/C20H23N4O15P3/c25-16-5-8-23(20(28)24(16)10-13-9-12(4-7-21-13)14-3-1-2-6-22-14)19-18(27)17(26)15(37-19)11-36-41(32,33)39-42(34,35)38-40(29,30)31/h1-9,15,17-19,26-27H,10-11H2,(H,32,33)(H,34,35)(H2,29,30,31)/t15-,17+,18+,19-/m1/s1. The molecule has 0 bridgehead atoms. The summed E-state index contributed by atoms with van der Waals surface area (Å²) in [5, 5.41) is 20.9. The first kappa shape index (κ1) is 32.2. The second-order valence-electron chi connectivity index (χ2n) is 8.61. The van der Waals surface area contributed by atoms with Crippen LogP contribution in [0.25, 0.3) is 11.3 Å². The van der Waals surface area contributed by atoms with E-state index in [-0.39, 0.29) is 6.54 Å². The van der Waals surface area contributed by atoms with Crippen molar-refractivity contribution in [3.8, 4) is 11.3 Å². The van der Waals surface area contributed by atoms with Crippen LogP contribution in [-0.2, 0) is 38.1 Å². The highest BCUT2D eigenvalue weighted by Crippen LogP contribution is 2.66. The predicted octanol–water partition coefficient (Wildman–Crippen LogP) is -0.522. The number of hydrogen-bond donors (Lipinski definition) is 6. The minimum absolute atomic E-state index is 0.292. The van der Waals surface area contributed by atoms with E-state index in [1.807, 2.05) is 0 Å². The Morgan fingerprint density at radius 2 is 1.64 bits per heavy atom. The summed E-state index contributed by atoms with van der Waals surface area (Å²) in [6, 6.07) is 9.57. The maximum atomic E-state index is 13.2. The Kier molecular flexibility index (Phi) is 9.56. The topological polar surface area (TPSA) is 279 Å². The molecule has 6 N–H and O–H groups in total. The molecule has 0 amide bonds. The summed E-state index contributed by atoms with van der Waals surface area (Å²) < 4.78 is 52.8. The summed E-state index contributed by atoms with van der Waals surface area (Å²) in [6.07, 6.45) is -2.92. The summed E-state index contributed by atoms with van der Waals surface area (Å²) >= 11 is 0. The normalized spacial score (nSPS) is 23.8. The molecule has 22 heteroatoms. The average molecular weight is 652 g/mol. The lowest BCUT2D eigenvalue weighted by atomic mass is 10.1. The van der Waals surface area contributed by atoms with Crippen LogP contribution in [0, 0.1) is 0 Å². The molecule has 0 spiro atoms. The van der Waals surface area contributed by atoms with Crippen molar-refractivity contribution in [2.45, 2.75) is 31.1 Å². The minimum Gasteiger partial charge on any atom is -0.387 e. The number of phosphoric ester groups is 1. The summed E-state index contributed by atoms with van der Waals surface area (Å²) in [5.41, 5.74) is -0.0909. The minimum atomic E-state index is -5.79. The van der Waals surface area contributed by atoms with E-state index in [1.54, 1.807) is 36.5 Å². The van der Waals surface area contributed by atoms with E-state index < -0.39 is 65.9 Å². The molecular formula is C20H23N4O15P3. The monoisotopic (exact) mass is 652 g/mol. The fourth-order valence-electron chi connectivity index (χ4n) is 3.86. The molecule has 4 heterocycles. The van der Waals surface area contributed by atoms with E-state index in [9.17, 15) is 43.3 Å². The van der Waals surface area contributed by atoms with Gasteiger partial charge in [-0.15, -0.1) is 0 Å². The first-order chi connectivity index (χ1) is 19.6. The van der Waals surface area contributed by atoms with E-state index >= 15 is 0 Å². The van der Waals surface area contributed by atoms with E-state index in [0.717, 1.165) is 21.4 Å². The Labute approximate surface area is 234 Å². The molecule has 6 atom stereocenters. The highest BCUT2D eigenvalue weighted by molar-refractivity contribution is 7.66. The fourth-order valence-corrected chi connectivity index (χ4v) is 6.89. The van der Waals surface area contributed by atoms with Gasteiger partial charge in [-0.2, -0.15) is 8.62 Å². The van der Waals surface area contributed by atoms with E-state index in [0.29, 0.717) is 17.0 Å². The summed E-state index contributed by atoms with van der Waals surface area (Å²) in [5.74, 6) is 0. The lowest BCUT2D eigenvalue weighted by Crippen LogP contribution is -2.43. The number of aromatic nitrogens is 4. The van der Waals surface area contributed by atoms with Gasteiger partial charge in [0.25, 0.3) is 5.56 Å². The van der Waals surface area contributed by atoms with E-state index in [1.165, 1.54) is 6.20 Å². The number of ether oxygens (including phenoxy) is 1. The summed E-state index contributed by atoms with van der Waals surface area (Å²) in [7, 11) is -17.0. The van der Waals surface area contributed by atoms with Crippen LogP contribution in [-0.4, -0.2) is 73.8 Å². The van der Waals surface area contributed by atoms with E-state index in [2.05, 4.69) is 23.1 Å². The molecule has 2 unspecified atom stereocenters. The number of aliphatic hydroxyl groups is 2. The van der Waals surface area contributed by atoms with Crippen LogP contribution in [0.15, 0.2) is 64.6 Å². The molecular weight excluding hydrogens is 629 g/mol. The maximum Gasteiger partial charge on any atom is 0.490 e. The summed E-state index contributed by atoms with van der Waals surface area (Å²) in [4.78, 5) is 70.2. The van der Waals surface area contributed by atoms with Gasteiger partial charge in [0.15, 0.2) is 6.23 Å². The van der Waals surface area contributed by atoms with Crippen LogP contribution in [0.1, 0.15) is 11.9 Å². The Hall–Kier alpha value is -2.73. The van der Waals surface area contributed by atoms with Gasteiger partial charge >= 0.3 is 29.2 Å². The van der Waals surface area contributed by atoms with Gasteiger partial charge in [0.05, 0.1) is 24.5 Å². The van der Waals surface area contributed by atoms with E-state index in [4.69, 9.17) is 14.5 Å². The molecule has 0 radical (unpaired) electrons. The molecule has 19 nitrogen and oxygen atoms in total. The Balaban J connectivity index is 1.50. The van der Waals surface area contributed by atoms with Crippen molar-refractivity contribution in [3.05, 3.63) is 81.5 Å². The lowest BCUT2D eigenvalue weighted by molar-refractivity contribution is -0.0547. The van der Waals surface area contributed by atoms with Gasteiger partial charge in [-0.3, -0.25) is 28.4 Å². The van der Waals surface area contributed by atoms with Crippen molar-refractivity contribution >= 4 is 23.5 Å². The first-order valence-corrected chi connectivity index (χ1v) is 16.1. The van der Waals surface area contributed by atoms with Crippen LogP contribution < -0.4 is 11.2 Å². The number of rotatable bonds is 11. The molecule has 0 aromatic carbocycles. The number of phosphoric acid groups is 3. The van der Waals surface area contributed by atoms with Crippen molar-refractivity contribution in [1.82, 2.24) is 19.1 Å². The zero-order chi connectivity index (χ0) is 30.9. The Morgan fingerprint density at radius 1 is 0.905 bits per heavy atom. The Morgan fingerprint density at radius 3 is 2.31 bits per heavy atom. The molecule has 4 rings (SSSR count). The second-order valence-corrected chi connectivity index (χ2v) is 13.0. The molecule has 1 saturated heterocycles. The molecule has 3 aromatic rings. The van der Waals surface area contributed by atoms with Gasteiger partial charge in [0, 0.05) is 30.2 Å². The third-order valence-corrected chi connectivity index (χ3v) is 9.42. The SMILES string of the molecule is O=c1ccn([C@@H]2O[C@H](COP(=O)(O)OP(=O)(O)OP(=O)(O)O)[C@H](O)[C@@H]2O)c(=O)n1Cc1cc(-c2ccccn2)ccn1. The van der Waals surface area contributed by atoms with Gasteiger partial charge in [0.2, 0.25) is 0 Å². The average Bonchev–Trinajstić information content (AvgIpc) is 3.17. The van der Waals surface area contributed by atoms with Crippen molar-refractivity contribution in [3.63, 3.8) is 0 Å². The predicted molar refractivity (Wildman–Crippen MR) is 137 cm³/mol. The zero-order valence-electron chi connectivity index (χ0n) is 20.9. The zero-order valence-corrected chi connectivity index (χ0v) is 23.6. The van der Waals surface area contributed by atoms with Crippen LogP contribution >= 0.6 is 23.5 Å². The number of pyridine rings is 2. The van der Waals surface area contributed by atoms with Crippen LogP contribution in [0.5, 0.6) is 0 Å². The first-order valence-electron chi connectivity index (χ1n) is 11.5. The molecule has 3 aromatic heterocycles. The Bertz CT molecular complexity index is 1690. The number of hydrogen-bond acceptors (Lipinski definition) is 13. The van der Waals surface area contributed by atoms with Gasteiger partial charge in [-0.25, -0.2) is 18.5 Å². The smallest absolute Gasteiger partial charge is 0.387 e. The second kappa shape index (κ2) is 12.5.